The van der Waals surface area contributed by atoms with Gasteiger partial charge >= 0.3 is 0 Å². The smallest absolute Gasteiger partial charge is 0.270 e. The molecule has 116 valence electrons. The highest BCUT2D eigenvalue weighted by molar-refractivity contribution is 5.93. The Labute approximate surface area is 132 Å². The van der Waals surface area contributed by atoms with Gasteiger partial charge in [0.2, 0.25) is 0 Å². The first-order valence-corrected chi connectivity index (χ1v) is 7.14. The maximum Gasteiger partial charge on any atom is 0.270 e. The van der Waals surface area contributed by atoms with Gasteiger partial charge in [-0.15, -0.1) is 0 Å². The van der Waals surface area contributed by atoms with Crippen LogP contribution in [0.3, 0.4) is 0 Å². The van der Waals surface area contributed by atoms with Crippen molar-refractivity contribution < 1.29 is 9.18 Å². The van der Waals surface area contributed by atoms with Crippen molar-refractivity contribution >= 4 is 5.91 Å². The summed E-state index contributed by atoms with van der Waals surface area (Å²) in [7, 11) is 0. The monoisotopic (exact) mass is 310 g/mol. The van der Waals surface area contributed by atoms with E-state index in [1.54, 1.807) is 29.1 Å². The molecule has 0 aliphatic heterocycles. The molecule has 0 aliphatic carbocycles. The van der Waals surface area contributed by atoms with E-state index in [1.165, 1.54) is 24.7 Å². The van der Waals surface area contributed by atoms with E-state index in [9.17, 15) is 9.18 Å². The van der Waals surface area contributed by atoms with Gasteiger partial charge in [-0.05, 0) is 48.9 Å². The molecule has 23 heavy (non-hydrogen) atoms. The van der Waals surface area contributed by atoms with E-state index in [-0.39, 0.29) is 17.8 Å². The summed E-state index contributed by atoms with van der Waals surface area (Å²) in [4.78, 5) is 20.5. The van der Waals surface area contributed by atoms with Crippen LogP contribution in [0.5, 0.6) is 0 Å². The molecular weight excluding hydrogens is 295 g/mol. The standard InChI is InChI=1S/C17H15FN4O/c1-12(13-6-8-19-9-7-13)21-17(23)16-10-20-11-22(16)15-4-2-14(18)3-5-15/h2-12H,1H3,(H,21,23). The van der Waals surface area contributed by atoms with E-state index >= 15 is 0 Å². The second-order valence-corrected chi connectivity index (χ2v) is 5.10. The minimum Gasteiger partial charge on any atom is -0.344 e. The summed E-state index contributed by atoms with van der Waals surface area (Å²) in [6, 6.07) is 9.42. The Morgan fingerprint density at radius 3 is 2.52 bits per heavy atom. The van der Waals surface area contributed by atoms with Gasteiger partial charge in [0.25, 0.3) is 5.91 Å². The average Bonchev–Trinajstić information content (AvgIpc) is 3.06. The van der Waals surface area contributed by atoms with E-state index in [2.05, 4.69) is 15.3 Å². The zero-order chi connectivity index (χ0) is 16.2. The number of nitrogens with zero attached hydrogens (tertiary/aromatic N) is 3. The lowest BCUT2D eigenvalue weighted by molar-refractivity contribution is 0.0933. The van der Waals surface area contributed by atoms with E-state index in [4.69, 9.17) is 0 Å². The topological polar surface area (TPSA) is 59.8 Å². The molecule has 1 N–H and O–H groups in total. The van der Waals surface area contributed by atoms with E-state index in [0.717, 1.165) is 5.56 Å². The Kier molecular flexibility index (Phi) is 4.14. The molecule has 0 saturated heterocycles. The van der Waals surface area contributed by atoms with E-state index in [1.807, 2.05) is 19.1 Å². The van der Waals surface area contributed by atoms with Crippen molar-refractivity contribution in [1.29, 1.82) is 0 Å². The lowest BCUT2D eigenvalue weighted by atomic mass is 10.1. The van der Waals surface area contributed by atoms with Crippen LogP contribution in [-0.2, 0) is 0 Å². The predicted octanol–water partition coefficient (Wildman–Crippen LogP) is 2.90. The fourth-order valence-electron chi connectivity index (χ4n) is 2.28. The van der Waals surface area contributed by atoms with Gasteiger partial charge in [0, 0.05) is 18.1 Å². The van der Waals surface area contributed by atoms with Gasteiger partial charge in [-0.1, -0.05) is 0 Å². The minimum absolute atomic E-state index is 0.165. The van der Waals surface area contributed by atoms with Crippen LogP contribution >= 0.6 is 0 Å². The van der Waals surface area contributed by atoms with Crippen LogP contribution in [0.15, 0.2) is 61.3 Å². The third-order valence-electron chi connectivity index (χ3n) is 3.53. The summed E-state index contributed by atoms with van der Waals surface area (Å²) in [5.74, 6) is -0.581. The molecule has 0 fully saturated rings. The molecule has 0 radical (unpaired) electrons. The molecule has 2 heterocycles. The molecule has 1 unspecified atom stereocenters. The number of nitrogens with one attached hydrogen (secondary N) is 1. The molecule has 3 rings (SSSR count). The van der Waals surface area contributed by atoms with Gasteiger partial charge in [-0.2, -0.15) is 0 Å². The van der Waals surface area contributed by atoms with Gasteiger partial charge in [0.1, 0.15) is 11.5 Å². The normalized spacial score (nSPS) is 11.9. The van der Waals surface area contributed by atoms with Gasteiger partial charge < -0.3 is 5.32 Å². The third kappa shape index (κ3) is 3.26. The number of hydrogen-bond acceptors (Lipinski definition) is 3. The van der Waals surface area contributed by atoms with Crippen LogP contribution in [0.1, 0.15) is 29.0 Å². The molecule has 0 saturated carbocycles. The molecule has 1 aromatic carbocycles. The minimum atomic E-state index is -0.328. The lowest BCUT2D eigenvalue weighted by Crippen LogP contribution is -2.28. The molecular formula is C17H15FN4O. The molecule has 2 aromatic heterocycles. The van der Waals surface area contributed by atoms with Crippen LogP contribution in [0.2, 0.25) is 0 Å². The average molecular weight is 310 g/mol. The summed E-state index contributed by atoms with van der Waals surface area (Å²) >= 11 is 0. The molecule has 3 aromatic rings. The van der Waals surface area contributed by atoms with Crippen molar-refractivity contribution in [2.75, 3.05) is 0 Å². The van der Waals surface area contributed by atoms with Crippen LogP contribution in [0, 0.1) is 5.82 Å². The number of aromatic nitrogens is 3. The van der Waals surface area contributed by atoms with Gasteiger partial charge in [-0.25, -0.2) is 9.37 Å². The predicted molar refractivity (Wildman–Crippen MR) is 83.6 cm³/mol. The first-order chi connectivity index (χ1) is 11.1. The quantitative estimate of drug-likeness (QED) is 0.806. The second-order valence-electron chi connectivity index (χ2n) is 5.10. The number of carbonyl (C=O) groups excluding carboxylic acids is 1. The van der Waals surface area contributed by atoms with E-state index < -0.39 is 0 Å². The largest absolute Gasteiger partial charge is 0.344 e. The highest BCUT2D eigenvalue weighted by atomic mass is 19.1. The number of pyridine rings is 1. The van der Waals surface area contributed by atoms with Crippen molar-refractivity contribution in [3.05, 3.63) is 78.4 Å². The number of halogens is 1. The first kappa shape index (κ1) is 14.9. The second kappa shape index (κ2) is 6.39. The Hall–Kier alpha value is -3.02. The number of benzene rings is 1. The summed E-state index contributed by atoms with van der Waals surface area (Å²) in [5, 5.41) is 2.92. The Balaban J connectivity index is 1.81. The number of carbonyl (C=O) groups is 1. The molecule has 0 aliphatic rings. The zero-order valence-corrected chi connectivity index (χ0v) is 12.5. The SMILES string of the molecule is CC(NC(=O)c1cncn1-c1ccc(F)cc1)c1ccncc1. The third-order valence-corrected chi connectivity index (χ3v) is 3.53. The molecule has 0 bridgehead atoms. The number of imidazole rings is 1. The van der Waals surface area contributed by atoms with Gasteiger partial charge in [-0.3, -0.25) is 14.3 Å². The van der Waals surface area contributed by atoms with Gasteiger partial charge in [0.15, 0.2) is 0 Å². The number of hydrogen-bond donors (Lipinski definition) is 1. The van der Waals surface area contributed by atoms with E-state index in [0.29, 0.717) is 11.4 Å². The van der Waals surface area contributed by atoms with Crippen LogP contribution in [-0.4, -0.2) is 20.4 Å². The summed E-state index contributed by atoms with van der Waals surface area (Å²) in [5.41, 5.74) is 2.02. The highest BCUT2D eigenvalue weighted by Crippen LogP contribution is 2.15. The maximum atomic E-state index is 13.0. The van der Waals surface area contributed by atoms with Crippen molar-refractivity contribution in [2.45, 2.75) is 13.0 Å². The van der Waals surface area contributed by atoms with Gasteiger partial charge in [0.05, 0.1) is 18.6 Å². The van der Waals surface area contributed by atoms with Crippen molar-refractivity contribution in [1.82, 2.24) is 19.9 Å². The van der Waals surface area contributed by atoms with Crippen LogP contribution in [0.25, 0.3) is 5.69 Å². The molecule has 6 heteroatoms. The summed E-state index contributed by atoms with van der Waals surface area (Å²) < 4.78 is 14.7. The van der Waals surface area contributed by atoms with Crippen molar-refractivity contribution in [2.24, 2.45) is 0 Å². The first-order valence-electron chi connectivity index (χ1n) is 7.14. The van der Waals surface area contributed by atoms with Crippen molar-refractivity contribution in [3.8, 4) is 5.69 Å². The summed E-state index contributed by atoms with van der Waals surface area (Å²) in [6.45, 7) is 1.89. The Morgan fingerprint density at radius 1 is 1.13 bits per heavy atom. The molecule has 1 atom stereocenters. The number of amides is 1. The van der Waals surface area contributed by atoms with Crippen LogP contribution < -0.4 is 5.32 Å². The zero-order valence-electron chi connectivity index (χ0n) is 12.5. The maximum absolute atomic E-state index is 13.0. The molecule has 5 nitrogen and oxygen atoms in total. The fourth-order valence-corrected chi connectivity index (χ4v) is 2.28. The summed E-state index contributed by atoms with van der Waals surface area (Å²) in [6.07, 6.45) is 6.37. The Morgan fingerprint density at radius 2 is 1.83 bits per heavy atom. The number of rotatable bonds is 4. The highest BCUT2D eigenvalue weighted by Gasteiger charge is 2.16. The fraction of sp³-hybridized carbons (Fsp3) is 0.118. The lowest BCUT2D eigenvalue weighted by Gasteiger charge is -2.15. The molecule has 1 amide bonds. The van der Waals surface area contributed by atoms with Crippen LogP contribution in [0.4, 0.5) is 4.39 Å². The molecule has 0 spiro atoms. The van der Waals surface area contributed by atoms with Crippen molar-refractivity contribution in [3.63, 3.8) is 0 Å². The Bertz CT molecular complexity index is 799.